The van der Waals surface area contributed by atoms with Crippen molar-refractivity contribution < 1.29 is 4.79 Å². The summed E-state index contributed by atoms with van der Waals surface area (Å²) in [6.45, 7) is 7.33. The molecule has 0 fully saturated rings. The first-order valence-corrected chi connectivity index (χ1v) is 12.3. The minimum Gasteiger partial charge on any atom is -0.341 e. The van der Waals surface area contributed by atoms with Crippen LogP contribution in [0.5, 0.6) is 0 Å². The molecule has 0 aliphatic carbocycles. The molecule has 2 heterocycles. The quantitative estimate of drug-likeness (QED) is 0.311. The molecular weight excluding hydrogens is 428 g/mol. The number of carbonyl (C=O) groups is 1. The lowest BCUT2D eigenvalue weighted by atomic mass is 10.1. The van der Waals surface area contributed by atoms with Crippen molar-refractivity contribution in [2.45, 2.75) is 45.2 Å². The molecule has 2 aromatic heterocycles. The molecule has 0 aliphatic heterocycles. The number of fused-ring (bicyclic) bond motifs is 3. The number of rotatable bonds is 8. The van der Waals surface area contributed by atoms with Crippen molar-refractivity contribution in [2.24, 2.45) is 5.92 Å². The Morgan fingerprint density at radius 2 is 1.91 bits per heavy atom. The lowest BCUT2D eigenvalue weighted by Gasteiger charge is -2.09. The Hall–Kier alpha value is -3.30. The number of carbonyl (C=O) groups excluding carboxylic acids is 1. The Labute approximate surface area is 198 Å². The minimum atomic E-state index is -0.0436. The van der Waals surface area contributed by atoms with Gasteiger partial charge in [-0.3, -0.25) is 4.79 Å². The van der Waals surface area contributed by atoms with Crippen molar-refractivity contribution in [3.8, 4) is 6.07 Å². The standard InChI is InChI=1S/C27H28N4OS/c1-4-31-24-8-6-5-7-22(24)23-16-21(11-12-25(23)31)29-26(32)13-14-33-27-19(17-28)9-10-20(30-27)15-18(2)3/h5-12,16,18H,4,13-15H2,1-3H3,(H,29,32). The second-order valence-corrected chi connectivity index (χ2v) is 9.59. The van der Waals surface area contributed by atoms with Crippen molar-refractivity contribution in [3.05, 3.63) is 65.9 Å². The first-order valence-electron chi connectivity index (χ1n) is 11.3. The van der Waals surface area contributed by atoms with Crippen LogP contribution in [-0.4, -0.2) is 21.2 Å². The molecule has 0 unspecified atom stereocenters. The topological polar surface area (TPSA) is 70.7 Å². The number of para-hydroxylation sites is 1. The SMILES string of the molecule is CCn1c2ccccc2c2cc(NC(=O)CCSc3nc(CC(C)C)ccc3C#N)ccc21. The van der Waals surface area contributed by atoms with Gasteiger partial charge in [0.1, 0.15) is 11.1 Å². The van der Waals surface area contributed by atoms with E-state index in [4.69, 9.17) is 0 Å². The molecular formula is C27H28N4OS. The fourth-order valence-electron chi connectivity index (χ4n) is 4.14. The van der Waals surface area contributed by atoms with Crippen LogP contribution in [0.3, 0.4) is 0 Å². The van der Waals surface area contributed by atoms with Crippen molar-refractivity contribution >= 4 is 45.2 Å². The van der Waals surface area contributed by atoms with Crippen LogP contribution in [0.2, 0.25) is 0 Å². The maximum atomic E-state index is 12.6. The van der Waals surface area contributed by atoms with Gasteiger partial charge in [0.25, 0.3) is 0 Å². The van der Waals surface area contributed by atoms with E-state index in [2.05, 4.69) is 72.0 Å². The summed E-state index contributed by atoms with van der Waals surface area (Å²) in [4.78, 5) is 17.3. The monoisotopic (exact) mass is 456 g/mol. The number of aryl methyl sites for hydroxylation is 1. The highest BCUT2D eigenvalue weighted by atomic mass is 32.2. The summed E-state index contributed by atoms with van der Waals surface area (Å²) in [7, 11) is 0. The van der Waals surface area contributed by atoms with Gasteiger partial charge in [0.05, 0.1) is 5.56 Å². The molecule has 33 heavy (non-hydrogen) atoms. The van der Waals surface area contributed by atoms with E-state index in [1.54, 1.807) is 0 Å². The largest absolute Gasteiger partial charge is 0.341 e. The summed E-state index contributed by atoms with van der Waals surface area (Å²) < 4.78 is 2.29. The molecule has 0 saturated heterocycles. The number of amides is 1. The van der Waals surface area contributed by atoms with Crippen LogP contribution in [0.15, 0.2) is 59.6 Å². The van der Waals surface area contributed by atoms with Crippen LogP contribution in [0.25, 0.3) is 21.8 Å². The molecule has 2 aromatic carbocycles. The summed E-state index contributed by atoms with van der Waals surface area (Å²) in [6, 6.07) is 20.4. The third kappa shape index (κ3) is 5.04. The fraction of sp³-hybridized carbons (Fsp3) is 0.296. The average molecular weight is 457 g/mol. The van der Waals surface area contributed by atoms with Crippen LogP contribution in [0.4, 0.5) is 5.69 Å². The van der Waals surface area contributed by atoms with Crippen molar-refractivity contribution in [2.75, 3.05) is 11.1 Å². The zero-order valence-corrected chi connectivity index (χ0v) is 20.1. The van der Waals surface area contributed by atoms with Gasteiger partial charge >= 0.3 is 0 Å². The minimum absolute atomic E-state index is 0.0436. The molecule has 0 atom stereocenters. The molecule has 0 aliphatic rings. The maximum Gasteiger partial charge on any atom is 0.225 e. The average Bonchev–Trinajstić information content (AvgIpc) is 3.12. The van der Waals surface area contributed by atoms with Gasteiger partial charge in [-0.15, -0.1) is 11.8 Å². The summed E-state index contributed by atoms with van der Waals surface area (Å²) in [5.74, 6) is 1.02. The van der Waals surface area contributed by atoms with Gasteiger partial charge in [-0.2, -0.15) is 5.26 Å². The highest BCUT2D eigenvalue weighted by Gasteiger charge is 2.12. The Bertz CT molecular complexity index is 1350. The van der Waals surface area contributed by atoms with Gasteiger partial charge in [0.15, 0.2) is 0 Å². The smallest absolute Gasteiger partial charge is 0.225 e. The van der Waals surface area contributed by atoms with E-state index in [9.17, 15) is 10.1 Å². The van der Waals surface area contributed by atoms with Crippen molar-refractivity contribution in [3.63, 3.8) is 0 Å². The maximum absolute atomic E-state index is 12.6. The van der Waals surface area contributed by atoms with E-state index >= 15 is 0 Å². The second-order valence-electron chi connectivity index (χ2n) is 8.51. The van der Waals surface area contributed by atoms with Gasteiger partial charge in [-0.25, -0.2) is 4.98 Å². The second kappa shape index (κ2) is 10.1. The predicted octanol–water partition coefficient (Wildman–Crippen LogP) is 6.40. The number of nitrogens with zero attached hydrogens (tertiary/aromatic N) is 3. The molecule has 4 aromatic rings. The zero-order valence-electron chi connectivity index (χ0n) is 19.3. The Balaban J connectivity index is 1.43. The van der Waals surface area contributed by atoms with E-state index < -0.39 is 0 Å². The van der Waals surface area contributed by atoms with Crippen LogP contribution < -0.4 is 5.32 Å². The lowest BCUT2D eigenvalue weighted by Crippen LogP contribution is -2.12. The van der Waals surface area contributed by atoms with E-state index in [0.29, 0.717) is 28.7 Å². The summed E-state index contributed by atoms with van der Waals surface area (Å²) in [6.07, 6.45) is 1.22. The summed E-state index contributed by atoms with van der Waals surface area (Å²) in [5.41, 5.74) is 4.71. The molecule has 0 spiro atoms. The molecule has 1 amide bonds. The predicted molar refractivity (Wildman–Crippen MR) is 137 cm³/mol. The van der Waals surface area contributed by atoms with E-state index in [1.165, 1.54) is 28.2 Å². The van der Waals surface area contributed by atoms with E-state index in [1.807, 2.05) is 24.3 Å². The first-order chi connectivity index (χ1) is 16.0. The third-order valence-corrected chi connectivity index (χ3v) is 6.59. The third-order valence-electron chi connectivity index (χ3n) is 5.60. The van der Waals surface area contributed by atoms with E-state index in [-0.39, 0.29) is 5.91 Å². The molecule has 1 N–H and O–H groups in total. The van der Waals surface area contributed by atoms with Gasteiger partial charge in [0.2, 0.25) is 5.91 Å². The molecule has 4 rings (SSSR count). The molecule has 0 saturated carbocycles. The van der Waals surface area contributed by atoms with Gasteiger partial charge in [-0.05, 0) is 55.7 Å². The molecule has 5 nitrogen and oxygen atoms in total. The Morgan fingerprint density at radius 1 is 1.12 bits per heavy atom. The highest BCUT2D eigenvalue weighted by Crippen LogP contribution is 2.31. The Kier molecular flexibility index (Phi) is 7.00. The molecule has 0 bridgehead atoms. The summed E-state index contributed by atoms with van der Waals surface area (Å²) in [5, 5.41) is 15.5. The number of nitriles is 1. The lowest BCUT2D eigenvalue weighted by molar-refractivity contribution is -0.115. The number of anilines is 1. The van der Waals surface area contributed by atoms with Crippen LogP contribution in [0.1, 0.15) is 38.4 Å². The van der Waals surface area contributed by atoms with Crippen LogP contribution in [0, 0.1) is 17.2 Å². The number of aromatic nitrogens is 2. The summed E-state index contributed by atoms with van der Waals surface area (Å²) >= 11 is 1.46. The van der Waals surface area contributed by atoms with Crippen LogP contribution in [-0.2, 0) is 17.8 Å². The zero-order chi connectivity index (χ0) is 23.4. The number of hydrogen-bond donors (Lipinski definition) is 1. The van der Waals surface area contributed by atoms with Gasteiger partial charge in [-0.1, -0.05) is 32.0 Å². The number of pyridine rings is 1. The number of nitrogens with one attached hydrogen (secondary N) is 1. The molecule has 168 valence electrons. The Morgan fingerprint density at radius 3 is 2.67 bits per heavy atom. The van der Waals surface area contributed by atoms with Crippen LogP contribution >= 0.6 is 11.8 Å². The number of hydrogen-bond acceptors (Lipinski definition) is 4. The first kappa shape index (κ1) is 22.9. The number of benzene rings is 2. The van der Waals surface area contributed by atoms with E-state index in [0.717, 1.165) is 29.7 Å². The van der Waals surface area contributed by atoms with Gasteiger partial charge < -0.3 is 9.88 Å². The highest BCUT2D eigenvalue weighted by molar-refractivity contribution is 7.99. The molecule has 0 radical (unpaired) electrons. The fourth-order valence-corrected chi connectivity index (χ4v) is 5.07. The van der Waals surface area contributed by atoms with Crippen molar-refractivity contribution in [1.82, 2.24) is 9.55 Å². The van der Waals surface area contributed by atoms with Gasteiger partial charge in [0, 0.05) is 51.9 Å². The molecule has 6 heteroatoms. The number of thioether (sulfide) groups is 1. The van der Waals surface area contributed by atoms with Crippen molar-refractivity contribution in [1.29, 1.82) is 5.26 Å². The normalized spacial score (nSPS) is 11.2.